The van der Waals surface area contributed by atoms with Gasteiger partial charge in [0.15, 0.2) is 0 Å². The zero-order chi connectivity index (χ0) is 23.1. The van der Waals surface area contributed by atoms with Crippen molar-refractivity contribution < 1.29 is 4.42 Å². The van der Waals surface area contributed by atoms with Crippen LogP contribution in [0.15, 0.2) is 71.3 Å². The van der Waals surface area contributed by atoms with Crippen molar-refractivity contribution in [2.75, 3.05) is 5.32 Å². The first-order valence-corrected chi connectivity index (χ1v) is 11.8. The van der Waals surface area contributed by atoms with Crippen LogP contribution in [-0.4, -0.2) is 20.0 Å². The molecule has 33 heavy (non-hydrogen) atoms. The second-order valence-corrected chi connectivity index (χ2v) is 9.51. The number of nitrogens with zero attached hydrogens (tertiary/aromatic N) is 4. The minimum Gasteiger partial charge on any atom is -0.420 e. The van der Waals surface area contributed by atoms with Crippen molar-refractivity contribution in [2.45, 2.75) is 64.0 Å². The number of hydrogen-bond donors (Lipinski definition) is 1. The number of rotatable bonds is 6. The predicted molar refractivity (Wildman–Crippen MR) is 130 cm³/mol. The summed E-state index contributed by atoms with van der Waals surface area (Å²) in [6.45, 7) is 8.79. The molecule has 170 valence electrons. The fourth-order valence-corrected chi connectivity index (χ4v) is 5.16. The molecule has 0 spiro atoms. The second-order valence-electron chi connectivity index (χ2n) is 9.51. The van der Waals surface area contributed by atoms with Crippen LogP contribution in [0.3, 0.4) is 0 Å². The Hall–Kier alpha value is -3.41. The van der Waals surface area contributed by atoms with Gasteiger partial charge in [-0.2, -0.15) is 5.10 Å². The topological polar surface area (TPSA) is 68.8 Å². The zero-order valence-corrected chi connectivity index (χ0v) is 19.7. The summed E-state index contributed by atoms with van der Waals surface area (Å²) in [6, 6.07) is 21.2. The smallest absolute Gasteiger partial charge is 0.253 e. The van der Waals surface area contributed by atoms with Crippen LogP contribution in [0.4, 0.5) is 5.82 Å². The van der Waals surface area contributed by atoms with E-state index in [0.29, 0.717) is 11.8 Å². The van der Waals surface area contributed by atoms with Crippen molar-refractivity contribution in [3.05, 3.63) is 83.9 Å². The first-order valence-electron chi connectivity index (χ1n) is 11.8. The molecular weight excluding hydrogens is 410 g/mol. The number of nitrogens with one attached hydrogen (secondary N) is 1. The van der Waals surface area contributed by atoms with Gasteiger partial charge in [-0.1, -0.05) is 74.5 Å². The second kappa shape index (κ2) is 8.18. The summed E-state index contributed by atoms with van der Waals surface area (Å²) >= 11 is 0. The van der Waals surface area contributed by atoms with Crippen LogP contribution in [0.2, 0.25) is 0 Å². The molecule has 1 N–H and O–H groups in total. The van der Waals surface area contributed by atoms with E-state index in [1.807, 2.05) is 18.3 Å². The summed E-state index contributed by atoms with van der Waals surface area (Å²) in [5.74, 6) is 2.09. The summed E-state index contributed by atoms with van der Waals surface area (Å²) in [5.41, 5.74) is 2.85. The highest BCUT2D eigenvalue weighted by atomic mass is 16.4. The molecule has 0 saturated heterocycles. The maximum atomic E-state index is 6.39. The molecule has 1 atom stereocenters. The van der Waals surface area contributed by atoms with Crippen molar-refractivity contribution in [3.63, 3.8) is 0 Å². The first kappa shape index (κ1) is 21.4. The molecule has 1 aliphatic rings. The van der Waals surface area contributed by atoms with Crippen LogP contribution < -0.4 is 5.32 Å². The van der Waals surface area contributed by atoms with Crippen molar-refractivity contribution >= 4 is 5.82 Å². The minimum absolute atomic E-state index is 0.150. The summed E-state index contributed by atoms with van der Waals surface area (Å²) in [5, 5.41) is 17.4. The molecule has 6 nitrogen and oxygen atoms in total. The lowest BCUT2D eigenvalue weighted by Gasteiger charge is -2.38. The predicted octanol–water partition coefficient (Wildman–Crippen LogP) is 6.33. The van der Waals surface area contributed by atoms with Crippen molar-refractivity contribution in [1.29, 1.82) is 0 Å². The van der Waals surface area contributed by atoms with Crippen molar-refractivity contribution in [2.24, 2.45) is 0 Å². The van der Waals surface area contributed by atoms with Crippen molar-refractivity contribution in [1.82, 2.24) is 20.0 Å². The van der Waals surface area contributed by atoms with E-state index >= 15 is 0 Å². The van der Waals surface area contributed by atoms with Gasteiger partial charge in [-0.3, -0.25) is 0 Å². The standard InChI is InChI=1S/C27H31N5O/c1-5-27(6-2,20-15-11-8-12-16-20)25-31-30-24(33-25)21-18-28-32-23(21)29-22(17-26(32,3)4)19-13-9-7-10-14-19/h7-16,18,22,29H,5-6,17H2,1-4H3/t22-/m1/s1. The summed E-state index contributed by atoms with van der Waals surface area (Å²) < 4.78 is 8.44. The number of hydrogen-bond acceptors (Lipinski definition) is 5. The lowest BCUT2D eigenvalue weighted by atomic mass is 9.76. The highest BCUT2D eigenvalue weighted by Crippen LogP contribution is 2.44. The maximum Gasteiger partial charge on any atom is 0.253 e. The Balaban J connectivity index is 1.55. The molecule has 0 bridgehead atoms. The molecular formula is C27H31N5O. The fraction of sp³-hybridized carbons (Fsp3) is 0.370. The van der Waals surface area contributed by atoms with Gasteiger partial charge in [-0.05, 0) is 44.2 Å². The fourth-order valence-electron chi connectivity index (χ4n) is 5.16. The van der Waals surface area contributed by atoms with Gasteiger partial charge in [0, 0.05) is 0 Å². The number of benzene rings is 2. The third-order valence-electron chi connectivity index (χ3n) is 7.16. The summed E-state index contributed by atoms with van der Waals surface area (Å²) in [7, 11) is 0. The SMILES string of the molecule is CCC(CC)(c1ccccc1)c1nnc(-c2cnn3c2N[C@@H](c2ccccc2)CC3(C)C)o1. The Bertz CT molecular complexity index is 1220. The molecule has 0 aliphatic carbocycles. The molecule has 4 aromatic rings. The van der Waals surface area contributed by atoms with Crippen LogP contribution in [0.1, 0.15) is 70.0 Å². The highest BCUT2D eigenvalue weighted by molar-refractivity contribution is 5.70. The number of aromatic nitrogens is 4. The molecule has 0 radical (unpaired) electrons. The molecule has 0 fully saturated rings. The van der Waals surface area contributed by atoms with Gasteiger partial charge in [-0.15, -0.1) is 10.2 Å². The van der Waals surface area contributed by atoms with E-state index in [0.717, 1.165) is 30.6 Å². The quantitative estimate of drug-likeness (QED) is 0.378. The largest absolute Gasteiger partial charge is 0.420 e. The van der Waals surface area contributed by atoms with Crippen LogP contribution in [0, 0.1) is 0 Å². The third-order valence-corrected chi connectivity index (χ3v) is 7.16. The molecule has 0 unspecified atom stereocenters. The molecule has 6 heteroatoms. The Morgan fingerprint density at radius 3 is 2.33 bits per heavy atom. The van der Waals surface area contributed by atoms with Gasteiger partial charge in [-0.25, -0.2) is 4.68 Å². The first-order chi connectivity index (χ1) is 16.0. The van der Waals surface area contributed by atoms with E-state index in [1.54, 1.807) is 0 Å². The third kappa shape index (κ3) is 3.54. The van der Waals surface area contributed by atoms with E-state index in [9.17, 15) is 0 Å². The summed E-state index contributed by atoms with van der Waals surface area (Å²) in [6.07, 6.45) is 4.53. The van der Waals surface area contributed by atoms with Crippen LogP contribution in [0.25, 0.3) is 11.5 Å². The molecule has 3 heterocycles. The van der Waals surface area contributed by atoms with Gasteiger partial charge in [0.2, 0.25) is 5.89 Å². The Kier molecular flexibility index (Phi) is 5.31. The van der Waals surface area contributed by atoms with Crippen LogP contribution >= 0.6 is 0 Å². The summed E-state index contributed by atoms with van der Waals surface area (Å²) in [4.78, 5) is 0. The molecule has 0 amide bonds. The Morgan fingerprint density at radius 2 is 1.67 bits per heavy atom. The molecule has 0 saturated carbocycles. The van der Waals surface area contributed by atoms with Gasteiger partial charge in [0.25, 0.3) is 5.89 Å². The normalized spacial score (nSPS) is 17.4. The van der Waals surface area contributed by atoms with Crippen LogP contribution in [-0.2, 0) is 11.0 Å². The molecule has 1 aliphatic heterocycles. The lowest BCUT2D eigenvalue weighted by Crippen LogP contribution is -2.37. The van der Waals surface area contributed by atoms with Gasteiger partial charge in [0.05, 0.1) is 23.2 Å². The van der Waals surface area contributed by atoms with E-state index in [2.05, 4.69) is 96.4 Å². The maximum absolute atomic E-state index is 6.39. The minimum atomic E-state index is -0.307. The molecule has 5 rings (SSSR count). The van der Waals surface area contributed by atoms with E-state index < -0.39 is 0 Å². The zero-order valence-electron chi connectivity index (χ0n) is 19.7. The van der Waals surface area contributed by atoms with Gasteiger partial charge in [0.1, 0.15) is 11.4 Å². The number of anilines is 1. The number of fused-ring (bicyclic) bond motifs is 1. The van der Waals surface area contributed by atoms with Crippen LogP contribution in [0.5, 0.6) is 0 Å². The lowest BCUT2D eigenvalue weighted by molar-refractivity contribution is 0.263. The Morgan fingerprint density at radius 1 is 1.00 bits per heavy atom. The van der Waals surface area contributed by atoms with Crippen molar-refractivity contribution in [3.8, 4) is 11.5 Å². The average molecular weight is 442 g/mol. The monoisotopic (exact) mass is 441 g/mol. The van der Waals surface area contributed by atoms with E-state index in [1.165, 1.54) is 11.1 Å². The molecule has 2 aromatic heterocycles. The average Bonchev–Trinajstić information content (AvgIpc) is 3.49. The highest BCUT2D eigenvalue weighted by Gasteiger charge is 2.39. The van der Waals surface area contributed by atoms with Gasteiger partial charge < -0.3 is 9.73 Å². The molecule has 2 aromatic carbocycles. The Labute approximate surface area is 195 Å². The van der Waals surface area contributed by atoms with E-state index in [4.69, 9.17) is 9.52 Å². The van der Waals surface area contributed by atoms with Gasteiger partial charge >= 0.3 is 0 Å². The van der Waals surface area contributed by atoms with E-state index in [-0.39, 0.29) is 17.0 Å².